The molecule has 0 atom stereocenters. The quantitative estimate of drug-likeness (QED) is 0.860. The average Bonchev–Trinajstić information content (AvgIpc) is 2.53. The van der Waals surface area contributed by atoms with E-state index in [-0.39, 0.29) is 12.1 Å². The molecule has 1 aromatic rings. The summed E-state index contributed by atoms with van der Waals surface area (Å²) in [5.41, 5.74) is 0.352. The highest BCUT2D eigenvalue weighted by Gasteiger charge is 2.34. The van der Waals surface area contributed by atoms with Crippen LogP contribution in [0.5, 0.6) is 0 Å². The summed E-state index contributed by atoms with van der Waals surface area (Å²) in [6.45, 7) is 10.3. The first kappa shape index (κ1) is 20.6. The van der Waals surface area contributed by atoms with Gasteiger partial charge in [-0.3, -0.25) is 0 Å². The molecule has 26 heavy (non-hydrogen) atoms. The van der Waals surface area contributed by atoms with Crippen molar-refractivity contribution in [1.82, 2.24) is 4.90 Å². The number of hydrogen-bond donors (Lipinski definition) is 1. The summed E-state index contributed by atoms with van der Waals surface area (Å²) in [4.78, 5) is 14.0. The van der Waals surface area contributed by atoms with Gasteiger partial charge in [0.25, 0.3) is 0 Å². The van der Waals surface area contributed by atoms with E-state index in [1.54, 1.807) is 29.2 Å². The molecule has 0 aliphatic carbocycles. The molecule has 0 unspecified atom stereocenters. The fourth-order valence-electron chi connectivity index (χ4n) is 2.94. The van der Waals surface area contributed by atoms with Crippen molar-refractivity contribution in [2.24, 2.45) is 0 Å². The van der Waals surface area contributed by atoms with Gasteiger partial charge in [0, 0.05) is 24.8 Å². The van der Waals surface area contributed by atoms with E-state index in [1.165, 1.54) is 0 Å². The molecule has 1 N–H and O–H groups in total. The number of benzene rings is 1. The molecule has 7 heteroatoms. The monoisotopic (exact) mass is 382 g/mol. The Morgan fingerprint density at radius 3 is 2.15 bits per heavy atom. The maximum Gasteiger partial charge on any atom is 0.410 e. The summed E-state index contributed by atoms with van der Waals surface area (Å²) in [7, 11) is -3.40. The molecular weight excluding hydrogens is 352 g/mol. The van der Waals surface area contributed by atoms with Crippen LogP contribution in [0, 0.1) is 0 Å². The third-order valence-electron chi connectivity index (χ3n) is 4.17. The second kappa shape index (κ2) is 7.86. The molecule has 1 aliphatic rings. The topological polar surface area (TPSA) is 75.7 Å². The minimum Gasteiger partial charge on any atom is -0.444 e. The largest absolute Gasteiger partial charge is 0.444 e. The lowest BCUT2D eigenvalue weighted by atomic mass is 10.1. The van der Waals surface area contributed by atoms with Crippen LogP contribution in [-0.2, 0) is 14.6 Å². The minimum absolute atomic E-state index is 0.287. The first-order valence-corrected chi connectivity index (χ1v) is 10.6. The molecule has 1 amide bonds. The van der Waals surface area contributed by atoms with E-state index < -0.39 is 20.7 Å². The lowest BCUT2D eigenvalue weighted by Gasteiger charge is -2.33. The summed E-state index contributed by atoms with van der Waals surface area (Å²) in [5.74, 6) is 0. The molecule has 0 aromatic heterocycles. The van der Waals surface area contributed by atoms with Gasteiger partial charge in [-0.15, -0.1) is 0 Å². The zero-order chi connectivity index (χ0) is 19.5. The molecular formula is C19H30N2O4S. The Balaban J connectivity index is 2.00. The second-order valence-electron chi connectivity index (χ2n) is 8.04. The fraction of sp³-hybridized carbons (Fsp3) is 0.632. The van der Waals surface area contributed by atoms with Crippen LogP contribution in [0.25, 0.3) is 0 Å². The maximum atomic E-state index is 12.9. The van der Waals surface area contributed by atoms with Crippen LogP contribution in [0.4, 0.5) is 10.5 Å². The van der Waals surface area contributed by atoms with Crippen molar-refractivity contribution in [3.8, 4) is 0 Å². The molecule has 0 spiro atoms. The standard InChI is InChI=1S/C19H30N2O4S/c1-14(2)20-15-6-8-16(9-7-15)26(23,24)17-10-12-21(13-11-17)18(22)25-19(3,4)5/h6-9,14,17,20H,10-13H2,1-5H3. The molecule has 6 nitrogen and oxygen atoms in total. The molecule has 1 fully saturated rings. The van der Waals surface area contributed by atoms with Crippen LogP contribution in [0.1, 0.15) is 47.5 Å². The minimum atomic E-state index is -3.40. The van der Waals surface area contributed by atoms with Crippen LogP contribution in [0.3, 0.4) is 0 Å². The average molecular weight is 383 g/mol. The first-order chi connectivity index (χ1) is 12.0. The van der Waals surface area contributed by atoms with E-state index in [4.69, 9.17) is 4.74 Å². The van der Waals surface area contributed by atoms with Crippen molar-refractivity contribution >= 4 is 21.6 Å². The number of amides is 1. The zero-order valence-electron chi connectivity index (χ0n) is 16.3. The van der Waals surface area contributed by atoms with E-state index >= 15 is 0 Å². The molecule has 0 saturated carbocycles. The predicted molar refractivity (Wildman–Crippen MR) is 103 cm³/mol. The smallest absolute Gasteiger partial charge is 0.410 e. The number of carbonyl (C=O) groups excluding carboxylic acids is 1. The van der Waals surface area contributed by atoms with E-state index in [0.29, 0.717) is 30.8 Å². The Morgan fingerprint density at radius 2 is 1.69 bits per heavy atom. The summed E-state index contributed by atoms with van der Waals surface area (Å²) < 4.78 is 31.1. The Hall–Kier alpha value is -1.76. The number of nitrogens with zero attached hydrogens (tertiary/aromatic N) is 1. The second-order valence-corrected chi connectivity index (χ2v) is 10.3. The number of likely N-dealkylation sites (tertiary alicyclic amines) is 1. The molecule has 2 rings (SSSR count). The predicted octanol–water partition coefficient (Wildman–Crippen LogP) is 3.68. The lowest BCUT2D eigenvalue weighted by Crippen LogP contribution is -2.44. The van der Waals surface area contributed by atoms with Crippen molar-refractivity contribution in [2.75, 3.05) is 18.4 Å². The Bertz CT molecular complexity index is 713. The van der Waals surface area contributed by atoms with Gasteiger partial charge in [0.05, 0.1) is 10.1 Å². The molecule has 1 aliphatic heterocycles. The van der Waals surface area contributed by atoms with Gasteiger partial charge in [-0.2, -0.15) is 0 Å². The molecule has 0 bridgehead atoms. The van der Waals surface area contributed by atoms with Gasteiger partial charge in [0.2, 0.25) is 0 Å². The van der Waals surface area contributed by atoms with Crippen molar-refractivity contribution in [3.05, 3.63) is 24.3 Å². The molecule has 146 valence electrons. The Labute approximate surface area is 156 Å². The highest BCUT2D eigenvalue weighted by molar-refractivity contribution is 7.92. The lowest BCUT2D eigenvalue weighted by molar-refractivity contribution is 0.0217. The van der Waals surface area contributed by atoms with E-state index in [0.717, 1.165) is 5.69 Å². The number of rotatable bonds is 4. The van der Waals surface area contributed by atoms with E-state index in [2.05, 4.69) is 5.32 Å². The summed E-state index contributed by atoms with van der Waals surface area (Å²) in [6.07, 6.45) is 0.471. The van der Waals surface area contributed by atoms with Crippen LogP contribution in [0.15, 0.2) is 29.2 Å². The molecule has 0 radical (unpaired) electrons. The highest BCUT2D eigenvalue weighted by atomic mass is 32.2. The third kappa shape index (κ3) is 5.37. The van der Waals surface area contributed by atoms with Gasteiger partial charge in [-0.05, 0) is 71.7 Å². The normalized spacial score (nSPS) is 16.6. The highest BCUT2D eigenvalue weighted by Crippen LogP contribution is 2.26. The van der Waals surface area contributed by atoms with Crippen LogP contribution >= 0.6 is 0 Å². The first-order valence-electron chi connectivity index (χ1n) is 9.07. The van der Waals surface area contributed by atoms with Crippen LogP contribution in [0.2, 0.25) is 0 Å². The number of piperidine rings is 1. The van der Waals surface area contributed by atoms with E-state index in [9.17, 15) is 13.2 Å². The van der Waals surface area contributed by atoms with Gasteiger partial charge >= 0.3 is 6.09 Å². The Morgan fingerprint density at radius 1 is 1.15 bits per heavy atom. The van der Waals surface area contributed by atoms with Gasteiger partial charge in [0.1, 0.15) is 5.60 Å². The van der Waals surface area contributed by atoms with Crippen molar-refractivity contribution in [2.45, 2.75) is 69.2 Å². The van der Waals surface area contributed by atoms with Crippen molar-refractivity contribution in [3.63, 3.8) is 0 Å². The maximum absolute atomic E-state index is 12.9. The van der Waals surface area contributed by atoms with Gasteiger partial charge in [-0.1, -0.05) is 0 Å². The van der Waals surface area contributed by atoms with Gasteiger partial charge < -0.3 is 15.0 Å². The molecule has 1 saturated heterocycles. The zero-order valence-corrected chi connectivity index (χ0v) is 17.1. The SMILES string of the molecule is CC(C)Nc1ccc(S(=O)(=O)C2CCN(C(=O)OC(C)(C)C)CC2)cc1. The molecule has 1 aromatic carbocycles. The summed E-state index contributed by atoms with van der Waals surface area (Å²) >= 11 is 0. The number of nitrogens with one attached hydrogen (secondary N) is 1. The Kier molecular flexibility index (Phi) is 6.21. The van der Waals surface area contributed by atoms with Crippen LogP contribution in [-0.4, -0.2) is 49.4 Å². The summed E-state index contributed by atoms with van der Waals surface area (Å²) in [5, 5.41) is 2.78. The summed E-state index contributed by atoms with van der Waals surface area (Å²) in [6, 6.07) is 7.18. The van der Waals surface area contributed by atoms with Crippen molar-refractivity contribution in [1.29, 1.82) is 0 Å². The fourth-order valence-corrected chi connectivity index (χ4v) is 4.67. The number of anilines is 1. The number of carbonyl (C=O) groups is 1. The van der Waals surface area contributed by atoms with Gasteiger partial charge in [0.15, 0.2) is 9.84 Å². The van der Waals surface area contributed by atoms with Gasteiger partial charge in [-0.25, -0.2) is 13.2 Å². The third-order valence-corrected chi connectivity index (χ3v) is 6.45. The number of ether oxygens (including phenoxy) is 1. The van der Waals surface area contributed by atoms with Crippen molar-refractivity contribution < 1.29 is 17.9 Å². The number of sulfone groups is 1. The van der Waals surface area contributed by atoms with E-state index in [1.807, 2.05) is 34.6 Å². The van der Waals surface area contributed by atoms with Crippen LogP contribution < -0.4 is 5.32 Å². The number of hydrogen-bond acceptors (Lipinski definition) is 5. The molecule has 1 heterocycles.